The van der Waals surface area contributed by atoms with E-state index in [0.717, 1.165) is 77.1 Å². The van der Waals surface area contributed by atoms with E-state index in [4.69, 9.17) is 14.7 Å². The maximum atomic E-state index is 5.42. The van der Waals surface area contributed by atoms with Crippen LogP contribution in [0.4, 0.5) is 0 Å². The summed E-state index contributed by atoms with van der Waals surface area (Å²) in [7, 11) is 2.00. The summed E-state index contributed by atoms with van der Waals surface area (Å²) in [6.45, 7) is 6.26. The van der Waals surface area contributed by atoms with Crippen LogP contribution in [0.1, 0.15) is 19.3 Å². The monoisotopic (exact) mass is 333 g/mol. The van der Waals surface area contributed by atoms with Crippen LogP contribution in [0.5, 0.6) is 0 Å². The lowest BCUT2D eigenvalue weighted by Gasteiger charge is -2.30. The Balaban J connectivity index is 1.41. The Kier molecular flexibility index (Phi) is 4.68. The van der Waals surface area contributed by atoms with Crippen LogP contribution in [0, 0.1) is 0 Å². The highest BCUT2D eigenvalue weighted by Gasteiger charge is 2.35. The first-order valence-electron chi connectivity index (χ1n) is 8.99. The number of rotatable bonds is 5. The van der Waals surface area contributed by atoms with Gasteiger partial charge in [0.05, 0.1) is 25.5 Å². The summed E-state index contributed by atoms with van der Waals surface area (Å²) in [6.07, 6.45) is 3.41. The summed E-state index contributed by atoms with van der Waals surface area (Å²) in [5.41, 5.74) is 6.07. The number of nitrogens with zero attached hydrogens (tertiary/aromatic N) is 4. The number of hydrogen-bond donors (Lipinski definition) is 3. The number of aliphatic imine (C=N–C) groups is 2. The van der Waals surface area contributed by atoms with Gasteiger partial charge in [0.2, 0.25) is 11.9 Å². The highest BCUT2D eigenvalue weighted by atomic mass is 16.5. The highest BCUT2D eigenvalue weighted by molar-refractivity contribution is 6.01. The number of hydrazine groups is 1. The van der Waals surface area contributed by atoms with Crippen molar-refractivity contribution < 1.29 is 4.74 Å². The number of morpholine rings is 1. The van der Waals surface area contributed by atoms with Gasteiger partial charge >= 0.3 is 0 Å². The minimum absolute atomic E-state index is 0.383. The third-order valence-electron chi connectivity index (χ3n) is 4.98. The van der Waals surface area contributed by atoms with Gasteiger partial charge in [0.25, 0.3) is 0 Å². The van der Waals surface area contributed by atoms with Crippen LogP contribution in [-0.4, -0.2) is 80.9 Å². The predicted octanol–water partition coefficient (Wildman–Crippen LogP) is -0.520. The summed E-state index contributed by atoms with van der Waals surface area (Å²) in [5.74, 6) is 1.72. The van der Waals surface area contributed by atoms with E-state index in [9.17, 15) is 0 Å². The van der Waals surface area contributed by atoms with Crippen LogP contribution in [-0.2, 0) is 4.74 Å². The molecule has 0 saturated carbocycles. The first kappa shape index (κ1) is 15.9. The van der Waals surface area contributed by atoms with Crippen LogP contribution in [0.2, 0.25) is 0 Å². The molecule has 8 heteroatoms. The quantitative estimate of drug-likeness (QED) is 0.588. The fourth-order valence-electron chi connectivity index (χ4n) is 3.65. The van der Waals surface area contributed by atoms with Gasteiger partial charge in [-0.05, 0) is 45.0 Å². The molecule has 1 atom stereocenters. The Morgan fingerprint density at radius 2 is 2.12 bits per heavy atom. The van der Waals surface area contributed by atoms with E-state index in [1.807, 2.05) is 7.05 Å². The summed E-state index contributed by atoms with van der Waals surface area (Å²) < 4.78 is 5.42. The number of fused-ring (bicyclic) bond motifs is 1. The SMILES string of the molecule is CNCCCNC1CCC2=C1N=C1N=C(N3CCOCC3)NN1C2. The minimum Gasteiger partial charge on any atom is -0.378 e. The number of nitrogens with one attached hydrogen (secondary N) is 3. The third kappa shape index (κ3) is 3.13. The van der Waals surface area contributed by atoms with Gasteiger partial charge in [-0.2, -0.15) is 4.99 Å². The first-order valence-corrected chi connectivity index (χ1v) is 8.99. The zero-order valence-corrected chi connectivity index (χ0v) is 14.3. The molecule has 0 spiro atoms. The van der Waals surface area contributed by atoms with Gasteiger partial charge in [0.1, 0.15) is 0 Å². The lowest BCUT2D eigenvalue weighted by molar-refractivity contribution is 0.0657. The van der Waals surface area contributed by atoms with E-state index in [1.54, 1.807) is 0 Å². The lowest BCUT2D eigenvalue weighted by atomic mass is 10.2. The van der Waals surface area contributed by atoms with Crippen molar-refractivity contribution in [1.29, 1.82) is 0 Å². The van der Waals surface area contributed by atoms with Gasteiger partial charge in [-0.3, -0.25) is 5.43 Å². The molecule has 1 unspecified atom stereocenters. The van der Waals surface area contributed by atoms with E-state index >= 15 is 0 Å². The number of hydrogen-bond acceptors (Lipinski definition) is 8. The van der Waals surface area contributed by atoms with Gasteiger partial charge in [-0.15, -0.1) is 0 Å². The zero-order valence-electron chi connectivity index (χ0n) is 14.3. The molecule has 24 heavy (non-hydrogen) atoms. The second-order valence-corrected chi connectivity index (χ2v) is 6.64. The molecule has 0 amide bonds. The van der Waals surface area contributed by atoms with Crippen molar-refractivity contribution in [3.8, 4) is 0 Å². The Bertz CT molecular complexity index is 565. The topological polar surface area (TPSA) is 76.5 Å². The molecule has 8 nitrogen and oxygen atoms in total. The second kappa shape index (κ2) is 7.08. The van der Waals surface area contributed by atoms with E-state index in [2.05, 4.69) is 26.0 Å². The molecule has 4 rings (SSSR count). The zero-order chi connectivity index (χ0) is 16.4. The Morgan fingerprint density at radius 1 is 1.25 bits per heavy atom. The normalized spacial score (nSPS) is 26.1. The van der Waals surface area contributed by atoms with Crippen molar-refractivity contribution in [2.45, 2.75) is 25.3 Å². The van der Waals surface area contributed by atoms with E-state index in [-0.39, 0.29) is 0 Å². The number of guanidine groups is 2. The van der Waals surface area contributed by atoms with Gasteiger partial charge in [-0.1, -0.05) is 0 Å². The van der Waals surface area contributed by atoms with Crippen LogP contribution in [0.25, 0.3) is 0 Å². The second-order valence-electron chi connectivity index (χ2n) is 6.64. The maximum Gasteiger partial charge on any atom is 0.248 e. The smallest absolute Gasteiger partial charge is 0.248 e. The molecule has 3 heterocycles. The predicted molar refractivity (Wildman–Crippen MR) is 93.7 cm³/mol. The summed E-state index contributed by atoms with van der Waals surface area (Å²) in [6, 6.07) is 0.383. The van der Waals surface area contributed by atoms with Crippen LogP contribution >= 0.6 is 0 Å². The largest absolute Gasteiger partial charge is 0.378 e. The molecule has 1 aliphatic carbocycles. The standard InChI is InChI=1S/C16H27N7O/c1-17-5-2-6-18-13-4-3-12-11-23-15(19-14(12)13)20-16(21-23)22-7-9-24-10-8-22/h13,17-18H,2-11H2,1H3,(H,19,20,21). The molecule has 0 aromatic rings. The molecule has 0 radical (unpaired) electrons. The molecule has 4 aliphatic rings. The van der Waals surface area contributed by atoms with Crippen molar-refractivity contribution in [1.82, 2.24) is 26.0 Å². The first-order chi connectivity index (χ1) is 11.8. The Morgan fingerprint density at radius 3 is 2.96 bits per heavy atom. The van der Waals surface area contributed by atoms with Crippen molar-refractivity contribution in [3.63, 3.8) is 0 Å². The molecular formula is C16H27N7O. The summed E-state index contributed by atoms with van der Waals surface area (Å²) in [5, 5.41) is 8.92. The van der Waals surface area contributed by atoms with Crippen molar-refractivity contribution >= 4 is 11.9 Å². The van der Waals surface area contributed by atoms with Crippen LogP contribution in [0.3, 0.4) is 0 Å². The van der Waals surface area contributed by atoms with Gasteiger partial charge in [-0.25, -0.2) is 10.0 Å². The van der Waals surface area contributed by atoms with E-state index in [0.29, 0.717) is 6.04 Å². The fraction of sp³-hybridized carbons (Fsp3) is 0.750. The molecule has 1 saturated heterocycles. The van der Waals surface area contributed by atoms with Gasteiger partial charge in [0, 0.05) is 19.1 Å². The molecule has 132 valence electrons. The minimum atomic E-state index is 0.383. The Hall–Kier alpha value is -1.64. The summed E-state index contributed by atoms with van der Waals surface area (Å²) >= 11 is 0. The molecule has 1 fully saturated rings. The molecule has 3 aliphatic heterocycles. The van der Waals surface area contributed by atoms with Crippen LogP contribution < -0.4 is 16.1 Å². The average Bonchev–Trinajstić information content (AvgIpc) is 3.21. The fourth-order valence-corrected chi connectivity index (χ4v) is 3.65. The van der Waals surface area contributed by atoms with Gasteiger partial charge < -0.3 is 20.3 Å². The Labute approximate surface area is 143 Å². The van der Waals surface area contributed by atoms with E-state index < -0.39 is 0 Å². The van der Waals surface area contributed by atoms with Crippen molar-refractivity contribution in [2.24, 2.45) is 9.98 Å². The van der Waals surface area contributed by atoms with Crippen LogP contribution in [0.15, 0.2) is 21.3 Å². The summed E-state index contributed by atoms with van der Waals surface area (Å²) in [4.78, 5) is 11.8. The molecule has 3 N–H and O–H groups in total. The highest BCUT2D eigenvalue weighted by Crippen LogP contribution is 2.32. The van der Waals surface area contributed by atoms with Crippen molar-refractivity contribution in [3.05, 3.63) is 11.3 Å². The molecule has 0 bridgehead atoms. The molecule has 0 aromatic heterocycles. The third-order valence-corrected chi connectivity index (χ3v) is 4.98. The molecule has 0 aromatic carbocycles. The van der Waals surface area contributed by atoms with E-state index in [1.165, 1.54) is 11.3 Å². The average molecular weight is 333 g/mol. The van der Waals surface area contributed by atoms with Gasteiger partial charge in [0.15, 0.2) is 0 Å². The molecular weight excluding hydrogens is 306 g/mol. The lowest BCUT2D eigenvalue weighted by Crippen LogP contribution is -2.50. The maximum absolute atomic E-state index is 5.42. The van der Waals surface area contributed by atoms with Crippen molar-refractivity contribution in [2.75, 3.05) is 53.0 Å². The number of ether oxygens (including phenoxy) is 1.